The van der Waals surface area contributed by atoms with Crippen molar-refractivity contribution in [1.82, 2.24) is 9.55 Å². The van der Waals surface area contributed by atoms with E-state index < -0.39 is 0 Å². The fourth-order valence-electron chi connectivity index (χ4n) is 1.70. The fraction of sp³-hybridized carbons (Fsp3) is 0. The van der Waals surface area contributed by atoms with E-state index in [0.717, 1.165) is 0 Å². The lowest BCUT2D eigenvalue weighted by atomic mass is 10.2. The molecule has 1 aliphatic rings. The van der Waals surface area contributed by atoms with Crippen molar-refractivity contribution >= 4 is 23.1 Å². The first-order chi connectivity index (χ1) is 7.86. The Morgan fingerprint density at radius 1 is 1.19 bits per heavy atom. The molecule has 0 atom stereocenters. The average Bonchev–Trinajstić information content (AvgIpc) is 2.55. The van der Waals surface area contributed by atoms with Crippen molar-refractivity contribution in [1.29, 1.82) is 0 Å². The van der Waals surface area contributed by atoms with Gasteiger partial charge in [0.1, 0.15) is 0 Å². The number of hydrogen-bond donors (Lipinski definition) is 1. The largest absolute Gasteiger partial charge is 0.332 e. The van der Waals surface area contributed by atoms with Gasteiger partial charge < -0.3 is 5.32 Å². The van der Waals surface area contributed by atoms with Gasteiger partial charge in [0.25, 0.3) is 5.56 Å². The third kappa shape index (κ3) is 1.24. The van der Waals surface area contributed by atoms with E-state index in [-0.39, 0.29) is 5.56 Å². The molecule has 0 saturated heterocycles. The number of nitrogens with one attached hydrogen (secondary N) is 1. The summed E-state index contributed by atoms with van der Waals surface area (Å²) in [6.45, 7) is 0. The summed E-state index contributed by atoms with van der Waals surface area (Å²) >= 11 is 0. The highest BCUT2D eigenvalue weighted by molar-refractivity contribution is 5.79. The summed E-state index contributed by atoms with van der Waals surface area (Å²) in [6, 6.07) is 7.32. The summed E-state index contributed by atoms with van der Waals surface area (Å²) in [5.41, 5.74) is 0.642. The molecule has 4 heteroatoms. The minimum atomic E-state index is -0.0620. The van der Waals surface area contributed by atoms with Crippen LogP contribution in [0.3, 0.4) is 0 Å². The third-order valence-electron chi connectivity index (χ3n) is 2.46. The SMILES string of the molecule is O=c1c2ccccc2nc2n1C=CC=CN2. The lowest BCUT2D eigenvalue weighted by molar-refractivity contribution is 1.04. The molecule has 16 heavy (non-hydrogen) atoms. The van der Waals surface area contributed by atoms with Gasteiger partial charge in [0.05, 0.1) is 10.9 Å². The average molecular weight is 211 g/mol. The van der Waals surface area contributed by atoms with Crippen molar-refractivity contribution < 1.29 is 0 Å². The van der Waals surface area contributed by atoms with Crippen LogP contribution in [0.25, 0.3) is 17.1 Å². The van der Waals surface area contributed by atoms with E-state index >= 15 is 0 Å². The minimum absolute atomic E-state index is 0.0620. The van der Waals surface area contributed by atoms with Gasteiger partial charge in [-0.1, -0.05) is 12.1 Å². The van der Waals surface area contributed by atoms with Gasteiger partial charge in [-0.25, -0.2) is 4.98 Å². The molecule has 1 aromatic heterocycles. The zero-order valence-corrected chi connectivity index (χ0v) is 8.42. The first-order valence-corrected chi connectivity index (χ1v) is 4.97. The molecule has 0 radical (unpaired) electrons. The highest BCUT2D eigenvalue weighted by Crippen LogP contribution is 2.12. The molecule has 0 fully saturated rings. The Morgan fingerprint density at radius 2 is 2.06 bits per heavy atom. The van der Waals surface area contributed by atoms with Crippen LogP contribution >= 0.6 is 0 Å². The monoisotopic (exact) mass is 211 g/mol. The molecule has 0 saturated carbocycles. The zero-order valence-electron chi connectivity index (χ0n) is 8.42. The second-order valence-electron chi connectivity index (χ2n) is 3.47. The first kappa shape index (κ1) is 8.91. The number of hydrogen-bond acceptors (Lipinski definition) is 3. The number of rotatable bonds is 0. The fourth-order valence-corrected chi connectivity index (χ4v) is 1.70. The second kappa shape index (κ2) is 3.34. The summed E-state index contributed by atoms with van der Waals surface area (Å²) in [4.78, 5) is 16.5. The molecule has 4 nitrogen and oxygen atoms in total. The number of anilines is 1. The minimum Gasteiger partial charge on any atom is -0.332 e. The quantitative estimate of drug-likeness (QED) is 0.722. The van der Waals surface area contributed by atoms with Gasteiger partial charge in [0, 0.05) is 12.4 Å². The van der Waals surface area contributed by atoms with Gasteiger partial charge >= 0.3 is 0 Å². The molecular formula is C12H9N3O. The highest BCUT2D eigenvalue weighted by atomic mass is 16.1. The first-order valence-electron chi connectivity index (χ1n) is 4.97. The Kier molecular flexibility index (Phi) is 1.86. The molecule has 0 aliphatic carbocycles. The molecule has 0 bridgehead atoms. The molecule has 0 amide bonds. The maximum atomic E-state index is 12.1. The number of benzene rings is 1. The van der Waals surface area contributed by atoms with Crippen LogP contribution in [0.4, 0.5) is 5.95 Å². The normalized spacial score (nSPS) is 13.2. The maximum absolute atomic E-state index is 12.1. The molecule has 0 spiro atoms. The molecule has 1 N–H and O–H groups in total. The lowest BCUT2D eigenvalue weighted by Crippen LogP contribution is -2.19. The van der Waals surface area contributed by atoms with Crippen LogP contribution in [0.1, 0.15) is 0 Å². The predicted molar refractivity (Wildman–Crippen MR) is 64.1 cm³/mol. The smallest absolute Gasteiger partial charge is 0.266 e. The summed E-state index contributed by atoms with van der Waals surface area (Å²) in [7, 11) is 0. The van der Waals surface area contributed by atoms with E-state index in [1.807, 2.05) is 24.3 Å². The molecule has 0 unspecified atom stereocenters. The van der Waals surface area contributed by atoms with Crippen molar-refractivity contribution in [2.75, 3.05) is 5.32 Å². The Hall–Kier alpha value is -2.36. The van der Waals surface area contributed by atoms with Crippen LogP contribution in [-0.2, 0) is 0 Å². The van der Waals surface area contributed by atoms with Gasteiger partial charge in [-0.15, -0.1) is 0 Å². The standard InChI is InChI=1S/C12H9N3O/c16-11-9-5-1-2-6-10(9)14-12-13-7-3-4-8-15(11)12/h1-8H,(H,13,14). The number of allylic oxidation sites excluding steroid dienone is 2. The van der Waals surface area contributed by atoms with Crippen LogP contribution < -0.4 is 10.9 Å². The number of aromatic nitrogens is 2. The van der Waals surface area contributed by atoms with Crippen molar-refractivity contribution in [2.24, 2.45) is 0 Å². The summed E-state index contributed by atoms with van der Waals surface area (Å²) in [5.74, 6) is 0.536. The number of para-hydroxylation sites is 1. The third-order valence-corrected chi connectivity index (χ3v) is 2.46. The molecular weight excluding hydrogens is 202 g/mol. The summed E-state index contributed by atoms with van der Waals surface area (Å²) < 4.78 is 1.50. The van der Waals surface area contributed by atoms with Crippen LogP contribution in [-0.4, -0.2) is 9.55 Å². The number of fused-ring (bicyclic) bond motifs is 2. The van der Waals surface area contributed by atoms with Crippen molar-refractivity contribution in [3.63, 3.8) is 0 Å². The van der Waals surface area contributed by atoms with Gasteiger partial charge in [-0.05, 0) is 24.3 Å². The maximum Gasteiger partial charge on any atom is 0.266 e. The van der Waals surface area contributed by atoms with Gasteiger partial charge in [-0.2, -0.15) is 0 Å². The molecule has 1 aromatic carbocycles. The number of nitrogens with zero attached hydrogens (tertiary/aromatic N) is 2. The molecule has 3 rings (SSSR count). The Bertz CT molecular complexity index is 668. The predicted octanol–water partition coefficient (Wildman–Crippen LogP) is 1.81. The van der Waals surface area contributed by atoms with E-state index in [1.165, 1.54) is 4.57 Å². The van der Waals surface area contributed by atoms with Crippen LogP contribution in [0.2, 0.25) is 0 Å². The van der Waals surface area contributed by atoms with E-state index in [2.05, 4.69) is 10.3 Å². The van der Waals surface area contributed by atoms with E-state index in [1.54, 1.807) is 24.5 Å². The van der Waals surface area contributed by atoms with E-state index in [9.17, 15) is 4.79 Å². The van der Waals surface area contributed by atoms with Crippen molar-refractivity contribution in [3.05, 3.63) is 53.0 Å². The molecule has 1 aliphatic heterocycles. The van der Waals surface area contributed by atoms with Crippen LogP contribution in [0, 0.1) is 0 Å². The molecule has 78 valence electrons. The van der Waals surface area contributed by atoms with E-state index in [4.69, 9.17) is 0 Å². The highest BCUT2D eigenvalue weighted by Gasteiger charge is 2.08. The lowest BCUT2D eigenvalue weighted by Gasteiger charge is -2.07. The Labute approximate surface area is 91.5 Å². The topological polar surface area (TPSA) is 46.9 Å². The van der Waals surface area contributed by atoms with Crippen molar-refractivity contribution in [2.45, 2.75) is 0 Å². The molecule has 2 aromatic rings. The Balaban J connectivity index is 2.44. The zero-order chi connectivity index (χ0) is 11.0. The summed E-state index contributed by atoms with van der Waals surface area (Å²) in [5, 5.41) is 3.59. The molecule has 2 heterocycles. The van der Waals surface area contributed by atoms with Crippen LogP contribution in [0.5, 0.6) is 0 Å². The van der Waals surface area contributed by atoms with Crippen molar-refractivity contribution in [3.8, 4) is 0 Å². The van der Waals surface area contributed by atoms with Gasteiger partial charge in [-0.3, -0.25) is 9.36 Å². The van der Waals surface area contributed by atoms with Gasteiger partial charge in [0.2, 0.25) is 5.95 Å². The van der Waals surface area contributed by atoms with Crippen LogP contribution in [0.15, 0.2) is 47.4 Å². The van der Waals surface area contributed by atoms with Gasteiger partial charge in [0.15, 0.2) is 0 Å². The second-order valence-corrected chi connectivity index (χ2v) is 3.47. The van der Waals surface area contributed by atoms with E-state index in [0.29, 0.717) is 16.9 Å². The Morgan fingerprint density at radius 3 is 3.00 bits per heavy atom. The summed E-state index contributed by atoms with van der Waals surface area (Å²) in [6.07, 6.45) is 7.06.